The van der Waals surface area contributed by atoms with Crippen LogP contribution < -0.4 is 10.2 Å². The van der Waals surface area contributed by atoms with Crippen molar-refractivity contribution in [2.45, 2.75) is 37.6 Å². The fourth-order valence-corrected chi connectivity index (χ4v) is 4.24. The standard InChI is InChI=1S/C20H29N3O3/c1-21-18(24)14-20(15-26-2)10-5-13-23(20)19(25)16-6-8-17(9-7-16)22-11-3-4-12-22/h6-9H,3-5,10-15H2,1-2H3,(H,21,24)/t20-/m1/s1. The smallest absolute Gasteiger partial charge is 0.254 e. The number of hydrogen-bond donors (Lipinski definition) is 1. The fraction of sp³-hybridized carbons (Fsp3) is 0.600. The molecule has 1 aromatic carbocycles. The SMILES string of the molecule is CNC(=O)C[C@@]1(COC)CCCN1C(=O)c1ccc(N2CCCC2)cc1. The van der Waals surface area contributed by atoms with Crippen LogP contribution in [-0.4, -0.2) is 62.7 Å². The molecule has 0 unspecified atom stereocenters. The van der Waals surface area contributed by atoms with E-state index in [1.54, 1.807) is 14.2 Å². The summed E-state index contributed by atoms with van der Waals surface area (Å²) in [5.74, 6) is -0.0810. The number of nitrogens with one attached hydrogen (secondary N) is 1. The predicted octanol–water partition coefficient (Wildman–Crippen LogP) is 2.04. The summed E-state index contributed by atoms with van der Waals surface area (Å²) in [6, 6.07) is 7.88. The number of anilines is 1. The minimum atomic E-state index is -0.556. The molecule has 6 nitrogen and oxygen atoms in total. The van der Waals surface area contributed by atoms with Crippen molar-refractivity contribution in [3.63, 3.8) is 0 Å². The van der Waals surface area contributed by atoms with E-state index in [0.717, 1.165) is 25.9 Å². The summed E-state index contributed by atoms with van der Waals surface area (Å²) in [5.41, 5.74) is 1.29. The molecular formula is C20H29N3O3. The first kappa shape index (κ1) is 18.7. The Balaban J connectivity index is 1.78. The molecule has 142 valence electrons. The quantitative estimate of drug-likeness (QED) is 0.844. The number of amides is 2. The Morgan fingerprint density at radius 2 is 1.81 bits per heavy atom. The third-order valence-corrected chi connectivity index (χ3v) is 5.61. The Morgan fingerprint density at radius 3 is 2.42 bits per heavy atom. The van der Waals surface area contributed by atoms with Gasteiger partial charge in [0.1, 0.15) is 0 Å². The second kappa shape index (κ2) is 8.08. The van der Waals surface area contributed by atoms with Gasteiger partial charge in [-0.25, -0.2) is 0 Å². The van der Waals surface area contributed by atoms with E-state index in [0.29, 0.717) is 18.7 Å². The molecule has 0 aromatic heterocycles. The van der Waals surface area contributed by atoms with Crippen LogP contribution in [0.25, 0.3) is 0 Å². The molecule has 1 atom stereocenters. The number of benzene rings is 1. The molecule has 0 spiro atoms. The molecule has 2 amide bonds. The molecule has 3 rings (SSSR count). The molecule has 1 aromatic rings. The van der Waals surface area contributed by atoms with E-state index in [2.05, 4.69) is 10.2 Å². The molecule has 2 fully saturated rings. The summed E-state index contributed by atoms with van der Waals surface area (Å²) in [5, 5.41) is 2.68. The van der Waals surface area contributed by atoms with E-state index in [1.165, 1.54) is 18.5 Å². The highest BCUT2D eigenvalue weighted by Crippen LogP contribution is 2.34. The van der Waals surface area contributed by atoms with Gasteiger partial charge in [0.05, 0.1) is 18.6 Å². The van der Waals surface area contributed by atoms with E-state index in [-0.39, 0.29) is 18.2 Å². The first-order valence-electron chi connectivity index (χ1n) is 9.46. The molecular weight excluding hydrogens is 330 g/mol. The van der Waals surface area contributed by atoms with Crippen LogP contribution in [0.15, 0.2) is 24.3 Å². The lowest BCUT2D eigenvalue weighted by Gasteiger charge is -2.37. The van der Waals surface area contributed by atoms with Gasteiger partial charge in [-0.2, -0.15) is 0 Å². The molecule has 0 aliphatic carbocycles. The number of likely N-dealkylation sites (tertiary alicyclic amines) is 1. The van der Waals surface area contributed by atoms with Crippen molar-refractivity contribution in [3.05, 3.63) is 29.8 Å². The topological polar surface area (TPSA) is 61.9 Å². The molecule has 0 bridgehead atoms. The van der Waals surface area contributed by atoms with Crippen LogP contribution in [0.3, 0.4) is 0 Å². The predicted molar refractivity (Wildman–Crippen MR) is 101 cm³/mol. The van der Waals surface area contributed by atoms with Gasteiger partial charge in [0.15, 0.2) is 0 Å². The molecule has 2 saturated heterocycles. The van der Waals surface area contributed by atoms with E-state index >= 15 is 0 Å². The average molecular weight is 359 g/mol. The molecule has 0 radical (unpaired) electrons. The summed E-state index contributed by atoms with van der Waals surface area (Å²) in [4.78, 5) is 29.4. The highest BCUT2D eigenvalue weighted by atomic mass is 16.5. The van der Waals surface area contributed by atoms with Crippen LogP contribution in [0.1, 0.15) is 42.5 Å². The molecule has 2 heterocycles. The Morgan fingerprint density at radius 1 is 1.12 bits per heavy atom. The van der Waals surface area contributed by atoms with Crippen LogP contribution in [0.4, 0.5) is 5.69 Å². The summed E-state index contributed by atoms with van der Waals surface area (Å²) in [6.45, 7) is 3.20. The van der Waals surface area contributed by atoms with Gasteiger partial charge in [0.25, 0.3) is 5.91 Å². The van der Waals surface area contributed by atoms with E-state index < -0.39 is 5.54 Å². The lowest BCUT2D eigenvalue weighted by atomic mass is 9.91. The number of hydrogen-bond acceptors (Lipinski definition) is 4. The van der Waals surface area contributed by atoms with Gasteiger partial charge in [-0.1, -0.05) is 0 Å². The van der Waals surface area contributed by atoms with E-state index in [9.17, 15) is 9.59 Å². The molecule has 2 aliphatic rings. The van der Waals surface area contributed by atoms with Crippen LogP contribution in [0.2, 0.25) is 0 Å². The van der Waals surface area contributed by atoms with Gasteiger partial charge in [-0.3, -0.25) is 9.59 Å². The highest BCUT2D eigenvalue weighted by Gasteiger charge is 2.45. The number of methoxy groups -OCH3 is 1. The van der Waals surface area contributed by atoms with Crippen molar-refractivity contribution in [2.75, 3.05) is 45.3 Å². The van der Waals surface area contributed by atoms with Crippen LogP contribution >= 0.6 is 0 Å². The van der Waals surface area contributed by atoms with Crippen molar-refractivity contribution < 1.29 is 14.3 Å². The second-order valence-electron chi connectivity index (χ2n) is 7.31. The monoisotopic (exact) mass is 359 g/mol. The largest absolute Gasteiger partial charge is 0.382 e. The van der Waals surface area contributed by atoms with Crippen LogP contribution in [0, 0.1) is 0 Å². The zero-order valence-electron chi connectivity index (χ0n) is 15.8. The normalized spacial score (nSPS) is 22.7. The van der Waals surface area contributed by atoms with Gasteiger partial charge in [-0.05, 0) is 49.9 Å². The number of carbonyl (C=O) groups excluding carboxylic acids is 2. The minimum Gasteiger partial charge on any atom is -0.382 e. The summed E-state index contributed by atoms with van der Waals surface area (Å²) in [6.07, 6.45) is 4.40. The lowest BCUT2D eigenvalue weighted by Crippen LogP contribution is -2.52. The maximum atomic E-state index is 13.2. The van der Waals surface area contributed by atoms with Crippen LogP contribution in [0.5, 0.6) is 0 Å². The van der Waals surface area contributed by atoms with Crippen molar-refractivity contribution in [2.24, 2.45) is 0 Å². The minimum absolute atomic E-state index is 0.0172. The van der Waals surface area contributed by atoms with Crippen LogP contribution in [-0.2, 0) is 9.53 Å². The summed E-state index contributed by atoms with van der Waals surface area (Å²) in [7, 11) is 3.25. The highest BCUT2D eigenvalue weighted by molar-refractivity contribution is 5.95. The molecule has 6 heteroatoms. The van der Waals surface area contributed by atoms with Crippen molar-refractivity contribution in [3.8, 4) is 0 Å². The van der Waals surface area contributed by atoms with E-state index in [4.69, 9.17) is 4.74 Å². The fourth-order valence-electron chi connectivity index (χ4n) is 4.24. The van der Waals surface area contributed by atoms with Gasteiger partial charge in [0, 0.05) is 45.0 Å². The van der Waals surface area contributed by atoms with Gasteiger partial charge >= 0.3 is 0 Å². The Kier molecular flexibility index (Phi) is 5.81. The Labute approximate surface area is 155 Å². The number of nitrogens with zero attached hydrogens (tertiary/aromatic N) is 2. The molecule has 26 heavy (non-hydrogen) atoms. The van der Waals surface area contributed by atoms with Gasteiger partial charge in [0.2, 0.25) is 5.91 Å². The maximum absolute atomic E-state index is 13.2. The average Bonchev–Trinajstić information content (AvgIpc) is 3.32. The Bertz CT molecular complexity index is 640. The zero-order valence-corrected chi connectivity index (χ0v) is 15.8. The molecule has 2 aliphatic heterocycles. The number of rotatable bonds is 6. The molecule has 1 N–H and O–H groups in total. The van der Waals surface area contributed by atoms with Gasteiger partial charge in [-0.15, -0.1) is 0 Å². The maximum Gasteiger partial charge on any atom is 0.254 e. The summed E-state index contributed by atoms with van der Waals surface area (Å²) >= 11 is 0. The zero-order chi connectivity index (χ0) is 18.6. The van der Waals surface area contributed by atoms with Crippen molar-refractivity contribution >= 4 is 17.5 Å². The third-order valence-electron chi connectivity index (χ3n) is 5.61. The number of carbonyl (C=O) groups is 2. The summed E-state index contributed by atoms with van der Waals surface area (Å²) < 4.78 is 5.40. The first-order valence-corrected chi connectivity index (χ1v) is 9.46. The lowest BCUT2D eigenvalue weighted by molar-refractivity contribution is -0.123. The first-order chi connectivity index (χ1) is 12.6. The molecule has 0 saturated carbocycles. The van der Waals surface area contributed by atoms with Gasteiger partial charge < -0.3 is 19.9 Å². The number of ether oxygens (including phenoxy) is 1. The third kappa shape index (κ3) is 3.70. The second-order valence-corrected chi connectivity index (χ2v) is 7.31. The van der Waals surface area contributed by atoms with Crippen molar-refractivity contribution in [1.82, 2.24) is 10.2 Å². The van der Waals surface area contributed by atoms with E-state index in [1.807, 2.05) is 29.2 Å². The Hall–Kier alpha value is -2.08. The van der Waals surface area contributed by atoms with Crippen molar-refractivity contribution in [1.29, 1.82) is 0 Å².